The van der Waals surface area contributed by atoms with Crippen molar-refractivity contribution in [2.24, 2.45) is 5.73 Å². The highest BCUT2D eigenvalue weighted by Crippen LogP contribution is 2.33. The van der Waals surface area contributed by atoms with E-state index in [2.05, 4.69) is 48.5 Å². The summed E-state index contributed by atoms with van der Waals surface area (Å²) in [6.07, 6.45) is 6.30. The Bertz CT molecular complexity index is 937. The zero-order valence-corrected chi connectivity index (χ0v) is 16.0. The maximum Gasteiger partial charge on any atom is 0.177 e. The fourth-order valence-corrected chi connectivity index (χ4v) is 3.85. The first-order chi connectivity index (χ1) is 13.0. The molecule has 0 unspecified atom stereocenters. The molecule has 27 heavy (non-hydrogen) atoms. The molecule has 0 bridgehead atoms. The quantitative estimate of drug-likeness (QED) is 0.646. The summed E-state index contributed by atoms with van der Waals surface area (Å²) in [5.41, 5.74) is 17.2. The highest BCUT2D eigenvalue weighted by molar-refractivity contribution is 5.76. The van der Waals surface area contributed by atoms with Gasteiger partial charge in [0.15, 0.2) is 5.65 Å². The van der Waals surface area contributed by atoms with Crippen molar-refractivity contribution in [3.05, 3.63) is 47.8 Å². The number of hydrogen-bond acceptors (Lipinski definition) is 5. The smallest absolute Gasteiger partial charge is 0.177 e. The molecule has 0 aliphatic heterocycles. The van der Waals surface area contributed by atoms with Crippen molar-refractivity contribution in [1.82, 2.24) is 14.6 Å². The SMILES string of the molecule is CC(C)c1cccc(Nc2cc(N)nn3cc(C4CCC(N)CC4)nc23)c1. The lowest BCUT2D eigenvalue weighted by Crippen LogP contribution is -2.25. The Balaban J connectivity index is 1.67. The van der Waals surface area contributed by atoms with Crippen molar-refractivity contribution in [1.29, 1.82) is 0 Å². The number of aromatic nitrogens is 3. The maximum atomic E-state index is 6.05. The van der Waals surface area contributed by atoms with Gasteiger partial charge in [0, 0.05) is 23.7 Å². The molecule has 1 aliphatic carbocycles. The molecule has 3 aromatic rings. The summed E-state index contributed by atoms with van der Waals surface area (Å²) in [6.45, 7) is 4.39. The molecular weight excluding hydrogens is 336 g/mol. The minimum atomic E-state index is 0.331. The fourth-order valence-electron chi connectivity index (χ4n) is 3.85. The van der Waals surface area contributed by atoms with E-state index in [1.807, 2.05) is 12.3 Å². The predicted octanol–water partition coefficient (Wildman–Crippen LogP) is 4.16. The molecule has 1 aromatic carbocycles. The molecular formula is C21H28N6. The van der Waals surface area contributed by atoms with Crippen LogP contribution in [0.1, 0.15) is 62.6 Å². The first-order valence-corrected chi connectivity index (χ1v) is 9.78. The van der Waals surface area contributed by atoms with E-state index in [9.17, 15) is 0 Å². The van der Waals surface area contributed by atoms with E-state index in [-0.39, 0.29) is 0 Å². The molecule has 0 spiro atoms. The molecule has 1 fully saturated rings. The highest BCUT2D eigenvalue weighted by atomic mass is 15.3. The van der Waals surface area contributed by atoms with Crippen LogP contribution in [0.2, 0.25) is 0 Å². The summed E-state index contributed by atoms with van der Waals surface area (Å²) >= 11 is 0. The normalized spacial score (nSPS) is 20.3. The van der Waals surface area contributed by atoms with Crippen LogP contribution in [0.5, 0.6) is 0 Å². The van der Waals surface area contributed by atoms with Crippen LogP contribution in [0.3, 0.4) is 0 Å². The van der Waals surface area contributed by atoms with Gasteiger partial charge in [-0.25, -0.2) is 9.50 Å². The Hall–Kier alpha value is -2.60. The molecule has 1 aliphatic rings. The molecule has 4 rings (SSSR count). The minimum absolute atomic E-state index is 0.331. The summed E-state index contributed by atoms with van der Waals surface area (Å²) in [7, 11) is 0. The number of nitrogens with zero attached hydrogens (tertiary/aromatic N) is 3. The second-order valence-electron chi connectivity index (χ2n) is 7.93. The van der Waals surface area contributed by atoms with Crippen LogP contribution in [-0.4, -0.2) is 20.6 Å². The molecule has 6 heteroatoms. The average molecular weight is 364 g/mol. The van der Waals surface area contributed by atoms with Crippen molar-refractivity contribution >= 4 is 22.8 Å². The van der Waals surface area contributed by atoms with Gasteiger partial charge in [-0.15, -0.1) is 5.10 Å². The first kappa shape index (κ1) is 17.8. The van der Waals surface area contributed by atoms with Crippen LogP contribution in [0.15, 0.2) is 36.5 Å². The first-order valence-electron chi connectivity index (χ1n) is 9.78. The molecule has 142 valence electrons. The number of anilines is 3. The van der Waals surface area contributed by atoms with Gasteiger partial charge in [0.2, 0.25) is 0 Å². The fraction of sp³-hybridized carbons (Fsp3) is 0.429. The van der Waals surface area contributed by atoms with E-state index < -0.39 is 0 Å². The van der Waals surface area contributed by atoms with Gasteiger partial charge < -0.3 is 16.8 Å². The summed E-state index contributed by atoms with van der Waals surface area (Å²) < 4.78 is 1.80. The number of nitrogen functional groups attached to an aromatic ring is 1. The number of rotatable bonds is 4. The van der Waals surface area contributed by atoms with Crippen LogP contribution in [0, 0.1) is 0 Å². The Labute approximate surface area is 160 Å². The van der Waals surface area contributed by atoms with E-state index in [4.69, 9.17) is 16.5 Å². The van der Waals surface area contributed by atoms with Crippen molar-refractivity contribution in [2.75, 3.05) is 11.1 Å². The van der Waals surface area contributed by atoms with Crippen LogP contribution in [0.25, 0.3) is 5.65 Å². The third-order valence-corrected chi connectivity index (χ3v) is 5.49. The van der Waals surface area contributed by atoms with E-state index in [1.54, 1.807) is 4.52 Å². The zero-order valence-electron chi connectivity index (χ0n) is 16.0. The Morgan fingerprint density at radius 1 is 1.15 bits per heavy atom. The van der Waals surface area contributed by atoms with Gasteiger partial charge in [-0.1, -0.05) is 26.0 Å². The van der Waals surface area contributed by atoms with Gasteiger partial charge in [0.25, 0.3) is 0 Å². The third-order valence-electron chi connectivity index (χ3n) is 5.49. The van der Waals surface area contributed by atoms with Crippen LogP contribution in [-0.2, 0) is 0 Å². The second kappa shape index (κ2) is 7.19. The Morgan fingerprint density at radius 3 is 2.67 bits per heavy atom. The molecule has 5 N–H and O–H groups in total. The number of nitrogens with two attached hydrogens (primary N) is 2. The summed E-state index contributed by atoms with van der Waals surface area (Å²) in [5, 5.41) is 7.90. The molecule has 0 saturated heterocycles. The lowest BCUT2D eigenvalue weighted by Gasteiger charge is -2.24. The van der Waals surface area contributed by atoms with Crippen LogP contribution in [0.4, 0.5) is 17.2 Å². The standard InChI is InChI=1S/C21H28N6/c1-13(2)15-4-3-5-17(10-15)24-18-11-20(23)26-27-12-19(25-21(18)27)14-6-8-16(22)9-7-14/h3-5,10-14,16,24H,6-9,22H2,1-2H3,(H2,23,26). The van der Waals surface area contributed by atoms with Gasteiger partial charge in [-0.3, -0.25) is 0 Å². The lowest BCUT2D eigenvalue weighted by molar-refractivity contribution is 0.391. The van der Waals surface area contributed by atoms with Gasteiger partial charge in [-0.2, -0.15) is 0 Å². The van der Waals surface area contributed by atoms with E-state index in [1.165, 1.54) is 5.56 Å². The summed E-state index contributed by atoms with van der Waals surface area (Å²) in [5.74, 6) is 1.40. The topological polar surface area (TPSA) is 94.3 Å². The largest absolute Gasteiger partial charge is 0.382 e. The molecule has 2 heterocycles. The van der Waals surface area contributed by atoms with E-state index in [0.717, 1.165) is 48.4 Å². The van der Waals surface area contributed by atoms with Crippen molar-refractivity contribution in [3.63, 3.8) is 0 Å². The molecule has 6 nitrogen and oxygen atoms in total. The van der Waals surface area contributed by atoms with Gasteiger partial charge in [0.1, 0.15) is 5.82 Å². The average Bonchev–Trinajstić information content (AvgIpc) is 3.06. The van der Waals surface area contributed by atoms with Crippen molar-refractivity contribution in [3.8, 4) is 0 Å². The van der Waals surface area contributed by atoms with Gasteiger partial charge in [-0.05, 0) is 49.3 Å². The van der Waals surface area contributed by atoms with Crippen LogP contribution >= 0.6 is 0 Å². The molecule has 0 radical (unpaired) electrons. The number of fused-ring (bicyclic) bond motifs is 1. The highest BCUT2D eigenvalue weighted by Gasteiger charge is 2.23. The van der Waals surface area contributed by atoms with Crippen LogP contribution < -0.4 is 16.8 Å². The number of benzene rings is 1. The second-order valence-corrected chi connectivity index (χ2v) is 7.93. The minimum Gasteiger partial charge on any atom is -0.382 e. The van der Waals surface area contributed by atoms with Crippen molar-refractivity contribution < 1.29 is 0 Å². The lowest BCUT2D eigenvalue weighted by atomic mass is 9.85. The van der Waals surface area contributed by atoms with E-state index >= 15 is 0 Å². The maximum absolute atomic E-state index is 6.05. The van der Waals surface area contributed by atoms with Gasteiger partial charge in [0.05, 0.1) is 17.6 Å². The molecule has 0 atom stereocenters. The molecule has 1 saturated carbocycles. The number of imidazole rings is 1. The molecule has 0 amide bonds. The number of hydrogen-bond donors (Lipinski definition) is 3. The predicted molar refractivity (Wildman–Crippen MR) is 110 cm³/mol. The Morgan fingerprint density at radius 2 is 1.93 bits per heavy atom. The summed E-state index contributed by atoms with van der Waals surface area (Å²) in [6, 6.07) is 10.6. The monoisotopic (exact) mass is 364 g/mol. The van der Waals surface area contributed by atoms with Crippen molar-refractivity contribution in [2.45, 2.75) is 57.4 Å². The number of nitrogens with one attached hydrogen (secondary N) is 1. The third kappa shape index (κ3) is 3.76. The zero-order chi connectivity index (χ0) is 19.0. The Kier molecular flexibility index (Phi) is 4.74. The summed E-state index contributed by atoms with van der Waals surface area (Å²) in [4.78, 5) is 4.90. The van der Waals surface area contributed by atoms with E-state index in [0.29, 0.717) is 23.7 Å². The van der Waals surface area contributed by atoms with Gasteiger partial charge >= 0.3 is 0 Å². The molecule has 2 aromatic heterocycles.